The number of aliphatic imine (C=N–C) groups is 1. The van der Waals surface area contributed by atoms with Crippen LogP contribution in [0.15, 0.2) is 77.8 Å². The number of hydrogen-bond acceptors (Lipinski definition) is 5. The van der Waals surface area contributed by atoms with E-state index in [2.05, 4.69) is 49.2 Å². The second-order valence-electron chi connectivity index (χ2n) is 9.31. The number of aromatic hydroxyl groups is 1. The number of phenols is 1. The van der Waals surface area contributed by atoms with Gasteiger partial charge in [0, 0.05) is 38.3 Å². The van der Waals surface area contributed by atoms with Crippen molar-refractivity contribution in [3.05, 3.63) is 95.6 Å². The quantitative estimate of drug-likeness (QED) is 0.282. The molecule has 0 saturated carbocycles. The van der Waals surface area contributed by atoms with Gasteiger partial charge in [0.05, 0.1) is 6.04 Å². The fraction of sp³-hybridized carbons (Fsp3) is 0.214. The third kappa shape index (κ3) is 3.88. The molecular formula is C28H23N2O3Pt-. The first-order chi connectivity index (χ1) is 16.0. The Bertz CT molecular complexity index is 1420. The van der Waals surface area contributed by atoms with E-state index < -0.39 is 0 Å². The minimum absolute atomic E-state index is 0. The van der Waals surface area contributed by atoms with Crippen LogP contribution in [0.3, 0.4) is 0 Å². The third-order valence-electron chi connectivity index (χ3n) is 6.48. The molecule has 174 valence electrons. The SMILES string of the molecule is CC1(C)Cc2ccccc2[C@H]2OC(c3[c-]c(Oc4ccc5cccc(O)c5n4)ccc3)=N[C@H]21.[Pt]. The first kappa shape index (κ1) is 22.6. The Morgan fingerprint density at radius 1 is 1.00 bits per heavy atom. The molecule has 6 rings (SSSR count). The van der Waals surface area contributed by atoms with Crippen LogP contribution in [-0.4, -0.2) is 22.0 Å². The Morgan fingerprint density at radius 2 is 1.82 bits per heavy atom. The maximum absolute atomic E-state index is 10.1. The van der Waals surface area contributed by atoms with Crippen molar-refractivity contribution < 1.29 is 35.6 Å². The van der Waals surface area contributed by atoms with Gasteiger partial charge in [-0.05, 0) is 35.1 Å². The number of rotatable bonds is 3. The summed E-state index contributed by atoms with van der Waals surface area (Å²) in [5, 5.41) is 11.0. The summed E-state index contributed by atoms with van der Waals surface area (Å²) < 4.78 is 12.4. The van der Waals surface area contributed by atoms with Gasteiger partial charge in [0.25, 0.3) is 0 Å². The van der Waals surface area contributed by atoms with Gasteiger partial charge < -0.3 is 14.6 Å². The largest absolute Gasteiger partial charge is 0.510 e. The van der Waals surface area contributed by atoms with Gasteiger partial charge in [0.1, 0.15) is 23.3 Å². The average molecular weight is 631 g/mol. The van der Waals surface area contributed by atoms with Gasteiger partial charge in [-0.2, -0.15) is 0 Å². The molecule has 0 radical (unpaired) electrons. The molecule has 4 aromatic rings. The van der Waals surface area contributed by atoms with Crippen LogP contribution in [0.5, 0.6) is 17.4 Å². The first-order valence-corrected chi connectivity index (χ1v) is 11.1. The van der Waals surface area contributed by atoms with Crippen molar-refractivity contribution in [1.82, 2.24) is 4.98 Å². The van der Waals surface area contributed by atoms with E-state index in [0.29, 0.717) is 23.0 Å². The molecule has 1 aromatic heterocycles. The number of ether oxygens (including phenoxy) is 2. The monoisotopic (exact) mass is 630 g/mol. The normalized spacial score (nSPS) is 19.9. The van der Waals surface area contributed by atoms with E-state index in [-0.39, 0.29) is 44.4 Å². The van der Waals surface area contributed by atoms with Gasteiger partial charge in [-0.25, -0.2) is 4.98 Å². The van der Waals surface area contributed by atoms with Gasteiger partial charge in [0.2, 0.25) is 5.88 Å². The molecule has 0 fully saturated rings. The van der Waals surface area contributed by atoms with Crippen molar-refractivity contribution >= 4 is 16.8 Å². The summed E-state index contributed by atoms with van der Waals surface area (Å²) >= 11 is 0. The van der Waals surface area contributed by atoms with E-state index >= 15 is 0 Å². The van der Waals surface area contributed by atoms with E-state index in [1.807, 2.05) is 30.3 Å². The molecule has 3 aromatic carbocycles. The van der Waals surface area contributed by atoms with Gasteiger partial charge in [-0.15, -0.1) is 18.2 Å². The zero-order valence-corrected chi connectivity index (χ0v) is 21.0. The van der Waals surface area contributed by atoms with Crippen molar-refractivity contribution in [1.29, 1.82) is 0 Å². The maximum atomic E-state index is 10.1. The molecule has 1 aliphatic heterocycles. The molecule has 0 saturated heterocycles. The summed E-state index contributed by atoms with van der Waals surface area (Å²) in [5.74, 6) is 1.60. The topological polar surface area (TPSA) is 63.9 Å². The summed E-state index contributed by atoms with van der Waals surface area (Å²) in [6.07, 6.45) is 0.876. The Kier molecular flexibility index (Phi) is 5.69. The number of nitrogens with zero attached hydrogens (tertiary/aromatic N) is 2. The number of fused-ring (bicyclic) bond motifs is 4. The van der Waals surface area contributed by atoms with Crippen molar-refractivity contribution in [2.24, 2.45) is 10.4 Å². The molecule has 2 atom stereocenters. The molecule has 0 bridgehead atoms. The summed E-state index contributed by atoms with van der Waals surface area (Å²) in [5.41, 5.74) is 3.78. The Morgan fingerprint density at radius 3 is 2.71 bits per heavy atom. The van der Waals surface area contributed by atoms with E-state index in [1.165, 1.54) is 11.1 Å². The standard InChI is InChI=1S/C28H23N2O3.Pt/c1-28(2)16-19-7-3-4-11-21(19)25-26(28)30-27(33-25)18-9-5-10-20(15-18)32-23-14-13-17-8-6-12-22(31)24(17)29-23;/h3-14,25-26,31H,16H2,1-2H3;/q-1;/t25-,26-;/m1./s1. The Hall–Kier alpha value is -3.17. The molecular weight excluding hydrogens is 607 g/mol. The number of para-hydroxylation sites is 1. The average Bonchev–Trinajstić information content (AvgIpc) is 3.27. The van der Waals surface area contributed by atoms with Crippen LogP contribution in [0.1, 0.15) is 36.6 Å². The predicted molar refractivity (Wildman–Crippen MR) is 127 cm³/mol. The summed E-state index contributed by atoms with van der Waals surface area (Å²) in [6.45, 7) is 4.50. The molecule has 34 heavy (non-hydrogen) atoms. The minimum Gasteiger partial charge on any atom is -0.510 e. The Balaban J connectivity index is 0.00000241. The van der Waals surface area contributed by atoms with E-state index in [4.69, 9.17) is 14.5 Å². The fourth-order valence-corrected chi connectivity index (χ4v) is 4.84. The third-order valence-corrected chi connectivity index (χ3v) is 6.48. The molecule has 1 N–H and O–H groups in total. The van der Waals surface area contributed by atoms with Crippen LogP contribution in [-0.2, 0) is 32.2 Å². The van der Waals surface area contributed by atoms with Crippen LogP contribution in [0.2, 0.25) is 0 Å². The molecule has 0 unspecified atom stereocenters. The fourth-order valence-electron chi connectivity index (χ4n) is 4.84. The molecule has 5 nitrogen and oxygen atoms in total. The number of aromatic nitrogens is 1. The second-order valence-corrected chi connectivity index (χ2v) is 9.31. The minimum atomic E-state index is -0.0944. The molecule has 2 aliphatic rings. The van der Waals surface area contributed by atoms with E-state index in [0.717, 1.165) is 17.4 Å². The van der Waals surface area contributed by atoms with Crippen molar-refractivity contribution in [2.75, 3.05) is 0 Å². The number of pyridine rings is 1. The molecule has 2 heterocycles. The van der Waals surface area contributed by atoms with Crippen LogP contribution in [0.4, 0.5) is 0 Å². The number of hydrogen-bond donors (Lipinski definition) is 1. The van der Waals surface area contributed by atoms with Crippen LogP contribution in [0.25, 0.3) is 10.9 Å². The zero-order valence-electron chi connectivity index (χ0n) is 18.8. The van der Waals surface area contributed by atoms with Crippen molar-refractivity contribution in [2.45, 2.75) is 32.4 Å². The van der Waals surface area contributed by atoms with Crippen LogP contribution in [0, 0.1) is 11.5 Å². The molecule has 6 heteroatoms. The van der Waals surface area contributed by atoms with Crippen molar-refractivity contribution in [3.63, 3.8) is 0 Å². The smallest absolute Gasteiger partial charge is 0.217 e. The van der Waals surface area contributed by atoms with Crippen LogP contribution >= 0.6 is 0 Å². The van der Waals surface area contributed by atoms with Crippen LogP contribution < -0.4 is 4.74 Å². The predicted octanol–water partition coefficient (Wildman–Crippen LogP) is 6.00. The van der Waals surface area contributed by atoms with Gasteiger partial charge in [-0.3, -0.25) is 4.99 Å². The summed E-state index contributed by atoms with van der Waals surface area (Å²) in [6, 6.07) is 26.4. The molecule has 0 amide bonds. The summed E-state index contributed by atoms with van der Waals surface area (Å²) in [7, 11) is 0. The zero-order chi connectivity index (χ0) is 22.6. The van der Waals surface area contributed by atoms with Gasteiger partial charge in [0.15, 0.2) is 0 Å². The second kappa shape index (κ2) is 8.56. The molecule has 1 aliphatic carbocycles. The van der Waals surface area contributed by atoms with E-state index in [9.17, 15) is 5.11 Å². The number of phenolic OH excluding ortho intramolecular Hbond substituents is 1. The van der Waals surface area contributed by atoms with Crippen molar-refractivity contribution in [3.8, 4) is 17.4 Å². The van der Waals surface area contributed by atoms with Gasteiger partial charge >= 0.3 is 0 Å². The van der Waals surface area contributed by atoms with Gasteiger partial charge in [-0.1, -0.05) is 61.9 Å². The first-order valence-electron chi connectivity index (χ1n) is 11.1. The maximum Gasteiger partial charge on any atom is 0.217 e. The Labute approximate surface area is 212 Å². The van der Waals surface area contributed by atoms with E-state index in [1.54, 1.807) is 18.2 Å². The molecule has 0 spiro atoms. The summed E-state index contributed by atoms with van der Waals surface area (Å²) in [4.78, 5) is 9.44. The number of benzene rings is 3.